The molecule has 3 rings (SSSR count). The summed E-state index contributed by atoms with van der Waals surface area (Å²) in [6.07, 6.45) is 3.79. The van der Waals surface area contributed by atoms with E-state index >= 15 is 0 Å². The van der Waals surface area contributed by atoms with Crippen molar-refractivity contribution in [3.05, 3.63) is 69.8 Å². The number of carbonyl (C=O) groups is 1. The number of rotatable bonds is 6. The molecule has 0 spiro atoms. The molecule has 1 aliphatic heterocycles. The van der Waals surface area contributed by atoms with Gasteiger partial charge in [-0.05, 0) is 37.0 Å². The minimum Gasteiger partial charge on any atom is -0.372 e. The number of anilines is 1. The molecular formula is C20H23N3O3. The van der Waals surface area contributed by atoms with Crippen LogP contribution < -0.4 is 10.2 Å². The van der Waals surface area contributed by atoms with Crippen LogP contribution >= 0.6 is 0 Å². The Hall–Kier alpha value is -2.89. The van der Waals surface area contributed by atoms with Crippen LogP contribution in [0.3, 0.4) is 0 Å². The van der Waals surface area contributed by atoms with Crippen LogP contribution in [-0.4, -0.2) is 23.9 Å². The Bertz CT molecular complexity index is 768. The number of nitro groups is 1. The first kappa shape index (κ1) is 17.9. The predicted molar refractivity (Wildman–Crippen MR) is 101 cm³/mol. The topological polar surface area (TPSA) is 75.5 Å². The molecule has 136 valence electrons. The zero-order valence-corrected chi connectivity index (χ0v) is 14.7. The molecule has 26 heavy (non-hydrogen) atoms. The number of nitro benzene ring substituents is 1. The highest BCUT2D eigenvalue weighted by Gasteiger charge is 2.15. The van der Waals surface area contributed by atoms with Gasteiger partial charge in [-0.25, -0.2) is 0 Å². The molecule has 1 saturated heterocycles. The number of hydrogen-bond acceptors (Lipinski definition) is 4. The quantitative estimate of drug-likeness (QED) is 0.637. The number of piperidine rings is 1. The first-order valence-electron chi connectivity index (χ1n) is 8.96. The van der Waals surface area contributed by atoms with Gasteiger partial charge in [-0.15, -0.1) is 0 Å². The van der Waals surface area contributed by atoms with Gasteiger partial charge in [0, 0.05) is 37.0 Å². The second-order valence-electron chi connectivity index (χ2n) is 6.55. The average molecular weight is 353 g/mol. The fourth-order valence-corrected chi connectivity index (χ4v) is 3.25. The lowest BCUT2D eigenvalue weighted by Gasteiger charge is -2.28. The van der Waals surface area contributed by atoms with E-state index in [-0.39, 0.29) is 18.0 Å². The first-order chi connectivity index (χ1) is 12.6. The third kappa shape index (κ3) is 4.59. The van der Waals surface area contributed by atoms with Crippen molar-refractivity contribution in [2.45, 2.75) is 32.2 Å². The smallest absolute Gasteiger partial charge is 0.273 e. The Balaban J connectivity index is 1.54. The summed E-state index contributed by atoms with van der Waals surface area (Å²) >= 11 is 0. The van der Waals surface area contributed by atoms with Gasteiger partial charge >= 0.3 is 0 Å². The molecule has 6 heteroatoms. The molecule has 0 radical (unpaired) electrons. The Labute approximate surface area is 153 Å². The van der Waals surface area contributed by atoms with Crippen molar-refractivity contribution in [1.29, 1.82) is 0 Å². The van der Waals surface area contributed by atoms with E-state index < -0.39 is 4.92 Å². The molecule has 0 bridgehead atoms. The Morgan fingerprint density at radius 1 is 1.04 bits per heavy atom. The number of hydrogen-bond donors (Lipinski definition) is 1. The van der Waals surface area contributed by atoms with E-state index in [2.05, 4.69) is 22.3 Å². The lowest BCUT2D eigenvalue weighted by atomic mass is 10.1. The van der Waals surface area contributed by atoms with Crippen LogP contribution in [0.2, 0.25) is 0 Å². The largest absolute Gasteiger partial charge is 0.372 e. The maximum atomic E-state index is 12.1. The summed E-state index contributed by atoms with van der Waals surface area (Å²) < 4.78 is 0. The van der Waals surface area contributed by atoms with Gasteiger partial charge in [-0.2, -0.15) is 0 Å². The van der Waals surface area contributed by atoms with Gasteiger partial charge in [0.25, 0.3) is 5.69 Å². The van der Waals surface area contributed by atoms with Crippen molar-refractivity contribution in [1.82, 2.24) is 5.32 Å². The van der Waals surface area contributed by atoms with Gasteiger partial charge in [0.15, 0.2) is 0 Å². The van der Waals surface area contributed by atoms with E-state index in [1.54, 1.807) is 18.2 Å². The zero-order valence-electron chi connectivity index (χ0n) is 14.7. The Morgan fingerprint density at radius 3 is 2.42 bits per heavy atom. The lowest BCUT2D eigenvalue weighted by molar-refractivity contribution is -0.385. The third-order valence-corrected chi connectivity index (χ3v) is 4.69. The summed E-state index contributed by atoms with van der Waals surface area (Å²) in [6, 6.07) is 14.6. The van der Waals surface area contributed by atoms with Crippen molar-refractivity contribution in [2.75, 3.05) is 18.0 Å². The standard InChI is InChI=1S/C20H23N3O3/c24-20(14-17-6-2-3-7-19(17)23(25)26)21-15-16-8-10-18(11-9-16)22-12-4-1-5-13-22/h2-3,6-11H,1,4-5,12-15H2,(H,21,24). The monoisotopic (exact) mass is 353 g/mol. The van der Waals surface area contributed by atoms with Crippen molar-refractivity contribution in [3.63, 3.8) is 0 Å². The van der Waals surface area contributed by atoms with E-state index in [0.29, 0.717) is 12.1 Å². The summed E-state index contributed by atoms with van der Waals surface area (Å²) in [5, 5.41) is 13.9. The average Bonchev–Trinajstić information content (AvgIpc) is 2.68. The van der Waals surface area contributed by atoms with Crippen LogP contribution in [0, 0.1) is 10.1 Å². The first-order valence-corrected chi connectivity index (χ1v) is 8.96. The van der Waals surface area contributed by atoms with Crippen LogP contribution in [0.1, 0.15) is 30.4 Å². The fourth-order valence-electron chi connectivity index (χ4n) is 3.25. The van der Waals surface area contributed by atoms with Gasteiger partial charge in [0.2, 0.25) is 5.91 Å². The summed E-state index contributed by atoms with van der Waals surface area (Å²) in [5.41, 5.74) is 2.64. The molecular weight excluding hydrogens is 330 g/mol. The number of amides is 1. The van der Waals surface area contributed by atoms with Gasteiger partial charge in [0.05, 0.1) is 11.3 Å². The summed E-state index contributed by atoms with van der Waals surface area (Å²) in [5.74, 6) is -0.223. The highest BCUT2D eigenvalue weighted by atomic mass is 16.6. The molecule has 0 aromatic heterocycles. The fraction of sp³-hybridized carbons (Fsp3) is 0.350. The van der Waals surface area contributed by atoms with E-state index in [0.717, 1.165) is 18.7 Å². The molecule has 1 fully saturated rings. The highest BCUT2D eigenvalue weighted by Crippen LogP contribution is 2.20. The minimum atomic E-state index is -0.456. The van der Waals surface area contributed by atoms with Crippen LogP contribution in [0.15, 0.2) is 48.5 Å². The van der Waals surface area contributed by atoms with Crippen LogP contribution in [0.25, 0.3) is 0 Å². The number of benzene rings is 2. The number of para-hydroxylation sites is 1. The predicted octanol–water partition coefficient (Wildman–Crippen LogP) is 3.44. The van der Waals surface area contributed by atoms with Crippen molar-refractivity contribution < 1.29 is 9.72 Å². The second-order valence-corrected chi connectivity index (χ2v) is 6.55. The number of nitrogens with zero attached hydrogens (tertiary/aromatic N) is 2. The Kier molecular flexibility index (Phi) is 5.84. The summed E-state index contributed by atoms with van der Waals surface area (Å²) in [6.45, 7) is 2.62. The van der Waals surface area contributed by atoms with E-state index in [1.165, 1.54) is 31.0 Å². The molecule has 0 saturated carbocycles. The zero-order chi connectivity index (χ0) is 18.4. The van der Waals surface area contributed by atoms with E-state index in [9.17, 15) is 14.9 Å². The normalized spacial score (nSPS) is 14.1. The van der Waals surface area contributed by atoms with Gasteiger partial charge in [-0.3, -0.25) is 14.9 Å². The molecule has 2 aromatic rings. The lowest BCUT2D eigenvalue weighted by Crippen LogP contribution is -2.29. The molecule has 0 unspecified atom stereocenters. The molecule has 0 atom stereocenters. The van der Waals surface area contributed by atoms with Crippen molar-refractivity contribution in [2.24, 2.45) is 0 Å². The van der Waals surface area contributed by atoms with Crippen LogP contribution in [-0.2, 0) is 17.8 Å². The van der Waals surface area contributed by atoms with Crippen LogP contribution in [0.5, 0.6) is 0 Å². The van der Waals surface area contributed by atoms with Crippen molar-refractivity contribution >= 4 is 17.3 Å². The highest BCUT2D eigenvalue weighted by molar-refractivity contribution is 5.79. The van der Waals surface area contributed by atoms with Gasteiger partial charge in [-0.1, -0.05) is 30.3 Å². The maximum Gasteiger partial charge on any atom is 0.273 e. The summed E-state index contributed by atoms with van der Waals surface area (Å²) in [7, 11) is 0. The van der Waals surface area contributed by atoms with E-state index in [1.807, 2.05) is 12.1 Å². The maximum absolute atomic E-state index is 12.1. The molecule has 1 aliphatic rings. The second kappa shape index (κ2) is 8.47. The van der Waals surface area contributed by atoms with E-state index in [4.69, 9.17) is 0 Å². The number of carbonyl (C=O) groups excluding carboxylic acids is 1. The molecule has 0 aliphatic carbocycles. The molecule has 2 aromatic carbocycles. The Morgan fingerprint density at radius 2 is 1.73 bits per heavy atom. The van der Waals surface area contributed by atoms with Gasteiger partial charge < -0.3 is 10.2 Å². The van der Waals surface area contributed by atoms with Gasteiger partial charge in [0.1, 0.15) is 0 Å². The summed E-state index contributed by atoms with van der Waals surface area (Å²) in [4.78, 5) is 25.1. The number of nitrogens with one attached hydrogen (secondary N) is 1. The minimum absolute atomic E-state index is 0.00299. The molecule has 1 amide bonds. The molecule has 1 N–H and O–H groups in total. The molecule has 1 heterocycles. The SMILES string of the molecule is O=C(Cc1ccccc1[N+](=O)[O-])NCc1ccc(N2CCCCC2)cc1. The van der Waals surface area contributed by atoms with Crippen LogP contribution in [0.4, 0.5) is 11.4 Å². The molecule has 6 nitrogen and oxygen atoms in total. The third-order valence-electron chi connectivity index (χ3n) is 4.69. The van der Waals surface area contributed by atoms with Crippen molar-refractivity contribution in [3.8, 4) is 0 Å².